The number of aliphatic imine (C=N–C) groups is 1. The van der Waals surface area contributed by atoms with Gasteiger partial charge < -0.3 is 15.5 Å². The SMILES string of the molecule is CN=C(NCCNC(=O)C(C)(C)C)N(C)Cc1ccc(Cl)cc1. The zero-order valence-electron chi connectivity index (χ0n) is 14.6. The van der Waals surface area contributed by atoms with Crippen LogP contribution in [-0.2, 0) is 11.3 Å². The standard InChI is InChI=1S/C17H27ClN4O/c1-17(2,3)15(23)20-10-11-21-16(19-4)22(5)12-13-6-8-14(18)9-7-13/h6-9H,10-12H2,1-5H3,(H,19,21)(H,20,23). The van der Waals surface area contributed by atoms with Crippen molar-refractivity contribution >= 4 is 23.5 Å². The Morgan fingerprint density at radius 2 is 1.74 bits per heavy atom. The van der Waals surface area contributed by atoms with E-state index >= 15 is 0 Å². The van der Waals surface area contributed by atoms with Crippen LogP contribution in [0.2, 0.25) is 5.02 Å². The van der Waals surface area contributed by atoms with Crippen LogP contribution in [0, 0.1) is 5.41 Å². The Morgan fingerprint density at radius 3 is 2.26 bits per heavy atom. The molecule has 0 bridgehead atoms. The average molecular weight is 339 g/mol. The molecule has 2 N–H and O–H groups in total. The molecule has 0 aliphatic rings. The molecule has 1 aromatic rings. The Hall–Kier alpha value is -1.75. The van der Waals surface area contributed by atoms with E-state index in [0.717, 1.165) is 23.1 Å². The molecule has 6 heteroatoms. The summed E-state index contributed by atoms with van der Waals surface area (Å²) in [6, 6.07) is 7.75. The molecule has 23 heavy (non-hydrogen) atoms. The molecule has 0 atom stereocenters. The number of guanidine groups is 1. The summed E-state index contributed by atoms with van der Waals surface area (Å²) in [4.78, 5) is 18.1. The number of carbonyl (C=O) groups is 1. The predicted molar refractivity (Wildman–Crippen MR) is 96.7 cm³/mol. The van der Waals surface area contributed by atoms with Gasteiger partial charge in [-0.3, -0.25) is 9.79 Å². The van der Waals surface area contributed by atoms with Crippen molar-refractivity contribution < 1.29 is 4.79 Å². The summed E-state index contributed by atoms with van der Waals surface area (Å²) in [5, 5.41) is 6.88. The minimum Gasteiger partial charge on any atom is -0.354 e. The highest BCUT2D eigenvalue weighted by molar-refractivity contribution is 6.30. The number of hydrogen-bond donors (Lipinski definition) is 2. The molecule has 0 aliphatic heterocycles. The lowest BCUT2D eigenvalue weighted by atomic mass is 9.96. The maximum Gasteiger partial charge on any atom is 0.225 e. The summed E-state index contributed by atoms with van der Waals surface area (Å²) in [6.45, 7) is 7.60. The lowest BCUT2D eigenvalue weighted by Gasteiger charge is -2.23. The van der Waals surface area contributed by atoms with E-state index in [2.05, 4.69) is 15.6 Å². The summed E-state index contributed by atoms with van der Waals surface area (Å²) < 4.78 is 0. The molecule has 0 heterocycles. The third kappa shape index (κ3) is 6.91. The highest BCUT2D eigenvalue weighted by Gasteiger charge is 2.20. The minimum absolute atomic E-state index is 0.0452. The van der Waals surface area contributed by atoms with E-state index in [1.54, 1.807) is 7.05 Å². The maximum absolute atomic E-state index is 11.8. The molecule has 1 amide bonds. The lowest BCUT2D eigenvalue weighted by molar-refractivity contribution is -0.128. The fraction of sp³-hybridized carbons (Fsp3) is 0.529. The van der Waals surface area contributed by atoms with Crippen molar-refractivity contribution in [1.82, 2.24) is 15.5 Å². The normalized spacial score (nSPS) is 12.0. The van der Waals surface area contributed by atoms with E-state index in [1.807, 2.05) is 57.0 Å². The molecule has 0 saturated carbocycles. The van der Waals surface area contributed by atoms with Crippen LogP contribution in [-0.4, -0.2) is 44.0 Å². The van der Waals surface area contributed by atoms with Crippen LogP contribution in [0.15, 0.2) is 29.3 Å². The van der Waals surface area contributed by atoms with Gasteiger partial charge in [-0.2, -0.15) is 0 Å². The number of benzene rings is 1. The molecule has 1 aromatic carbocycles. The van der Waals surface area contributed by atoms with Gasteiger partial charge >= 0.3 is 0 Å². The quantitative estimate of drug-likeness (QED) is 0.493. The van der Waals surface area contributed by atoms with Crippen molar-refractivity contribution in [2.45, 2.75) is 27.3 Å². The molecule has 128 valence electrons. The Kier molecular flexibility index (Phi) is 7.36. The second-order valence-corrected chi connectivity index (χ2v) is 6.90. The first-order chi connectivity index (χ1) is 10.7. The van der Waals surface area contributed by atoms with Crippen molar-refractivity contribution in [1.29, 1.82) is 0 Å². The van der Waals surface area contributed by atoms with Crippen LogP contribution in [0.3, 0.4) is 0 Å². The van der Waals surface area contributed by atoms with Crippen molar-refractivity contribution in [2.75, 3.05) is 27.2 Å². The summed E-state index contributed by atoms with van der Waals surface area (Å²) >= 11 is 5.90. The molecule has 0 unspecified atom stereocenters. The summed E-state index contributed by atoms with van der Waals surface area (Å²) in [7, 11) is 3.71. The van der Waals surface area contributed by atoms with Crippen LogP contribution < -0.4 is 10.6 Å². The van der Waals surface area contributed by atoms with E-state index in [0.29, 0.717) is 13.1 Å². The second-order valence-electron chi connectivity index (χ2n) is 6.46. The van der Waals surface area contributed by atoms with Gasteiger partial charge in [-0.05, 0) is 17.7 Å². The van der Waals surface area contributed by atoms with Gasteiger partial charge in [0, 0.05) is 44.2 Å². The fourth-order valence-corrected chi connectivity index (χ4v) is 2.06. The Balaban J connectivity index is 2.41. The third-order valence-corrected chi connectivity index (χ3v) is 3.53. The molecule has 5 nitrogen and oxygen atoms in total. The molecule has 0 aliphatic carbocycles. The molecular formula is C17H27ClN4O. The van der Waals surface area contributed by atoms with Crippen LogP contribution in [0.1, 0.15) is 26.3 Å². The molecule has 0 saturated heterocycles. The highest BCUT2D eigenvalue weighted by Crippen LogP contribution is 2.12. The largest absolute Gasteiger partial charge is 0.354 e. The van der Waals surface area contributed by atoms with Gasteiger partial charge in [0.15, 0.2) is 5.96 Å². The van der Waals surface area contributed by atoms with Crippen LogP contribution in [0.25, 0.3) is 0 Å². The van der Waals surface area contributed by atoms with E-state index in [9.17, 15) is 4.79 Å². The Labute approximate surface area is 144 Å². The average Bonchev–Trinajstić information content (AvgIpc) is 2.48. The first-order valence-electron chi connectivity index (χ1n) is 7.68. The zero-order chi connectivity index (χ0) is 17.5. The smallest absolute Gasteiger partial charge is 0.225 e. The highest BCUT2D eigenvalue weighted by atomic mass is 35.5. The van der Waals surface area contributed by atoms with E-state index in [1.165, 1.54) is 0 Å². The van der Waals surface area contributed by atoms with Gasteiger partial charge in [0.1, 0.15) is 0 Å². The van der Waals surface area contributed by atoms with E-state index in [-0.39, 0.29) is 11.3 Å². The Morgan fingerprint density at radius 1 is 1.17 bits per heavy atom. The first kappa shape index (κ1) is 19.3. The number of rotatable bonds is 5. The van der Waals surface area contributed by atoms with Gasteiger partial charge in [0.2, 0.25) is 5.91 Å². The Bertz CT molecular complexity index is 535. The number of amides is 1. The predicted octanol–water partition coefficient (Wildman–Crippen LogP) is 2.51. The fourth-order valence-electron chi connectivity index (χ4n) is 1.94. The van der Waals surface area contributed by atoms with Crippen LogP contribution >= 0.6 is 11.6 Å². The number of halogens is 1. The minimum atomic E-state index is -0.368. The zero-order valence-corrected chi connectivity index (χ0v) is 15.4. The number of nitrogens with zero attached hydrogens (tertiary/aromatic N) is 2. The van der Waals surface area contributed by atoms with E-state index < -0.39 is 0 Å². The molecular weight excluding hydrogens is 312 g/mol. The van der Waals surface area contributed by atoms with Crippen molar-refractivity contribution in [3.63, 3.8) is 0 Å². The molecule has 0 radical (unpaired) electrons. The first-order valence-corrected chi connectivity index (χ1v) is 8.06. The van der Waals surface area contributed by atoms with Crippen molar-refractivity contribution in [2.24, 2.45) is 10.4 Å². The molecule has 0 aromatic heterocycles. The van der Waals surface area contributed by atoms with Crippen molar-refractivity contribution in [3.8, 4) is 0 Å². The van der Waals surface area contributed by atoms with Crippen molar-refractivity contribution in [3.05, 3.63) is 34.9 Å². The van der Waals surface area contributed by atoms with Gasteiger partial charge in [0.05, 0.1) is 0 Å². The summed E-state index contributed by atoms with van der Waals surface area (Å²) in [6.07, 6.45) is 0. The topological polar surface area (TPSA) is 56.7 Å². The molecule has 1 rings (SSSR count). The molecule has 0 fully saturated rings. The number of carbonyl (C=O) groups excluding carboxylic acids is 1. The third-order valence-electron chi connectivity index (χ3n) is 3.28. The number of nitrogens with one attached hydrogen (secondary N) is 2. The summed E-state index contributed by atoms with van der Waals surface area (Å²) in [5.41, 5.74) is 0.786. The van der Waals surface area contributed by atoms with Gasteiger partial charge in [-0.1, -0.05) is 44.5 Å². The summed E-state index contributed by atoms with van der Waals surface area (Å²) in [5.74, 6) is 0.828. The molecule has 0 spiro atoms. The van der Waals surface area contributed by atoms with Crippen LogP contribution in [0.5, 0.6) is 0 Å². The monoisotopic (exact) mass is 338 g/mol. The lowest BCUT2D eigenvalue weighted by Crippen LogP contribution is -2.43. The number of hydrogen-bond acceptors (Lipinski definition) is 2. The van der Waals surface area contributed by atoms with E-state index in [4.69, 9.17) is 11.6 Å². The maximum atomic E-state index is 11.8. The van der Waals surface area contributed by atoms with Gasteiger partial charge in [-0.15, -0.1) is 0 Å². The van der Waals surface area contributed by atoms with Gasteiger partial charge in [0.25, 0.3) is 0 Å². The van der Waals surface area contributed by atoms with Crippen LogP contribution in [0.4, 0.5) is 0 Å². The second kappa shape index (κ2) is 8.77. The van der Waals surface area contributed by atoms with Gasteiger partial charge in [-0.25, -0.2) is 0 Å².